The highest BCUT2D eigenvalue weighted by Gasteiger charge is 2.21. The van der Waals surface area contributed by atoms with Gasteiger partial charge in [-0.25, -0.2) is 9.48 Å². The first-order chi connectivity index (χ1) is 13.4. The van der Waals surface area contributed by atoms with Gasteiger partial charge in [0, 0.05) is 16.5 Å². The molecule has 2 aromatic heterocycles. The first kappa shape index (κ1) is 19.5. The molecule has 0 aliphatic carbocycles. The number of carbonyl (C=O) groups is 2. The molecule has 0 radical (unpaired) electrons. The van der Waals surface area contributed by atoms with Gasteiger partial charge in [0.2, 0.25) is 5.91 Å². The van der Waals surface area contributed by atoms with Crippen LogP contribution < -0.4 is 10.9 Å². The zero-order chi connectivity index (χ0) is 20.3. The van der Waals surface area contributed by atoms with Crippen LogP contribution in [-0.4, -0.2) is 28.8 Å². The summed E-state index contributed by atoms with van der Waals surface area (Å²) in [5.41, 5.74) is 2.13. The topological polar surface area (TPSA) is 90.3 Å². The summed E-state index contributed by atoms with van der Waals surface area (Å²) in [6.07, 6.45) is 0. The summed E-state index contributed by atoms with van der Waals surface area (Å²) in [5.74, 6) is -0.968. The van der Waals surface area contributed by atoms with E-state index in [4.69, 9.17) is 4.74 Å². The predicted octanol–water partition coefficient (Wildman–Crippen LogP) is 3.01. The number of thiophene rings is 1. The number of hydrogen-bond donors (Lipinski definition) is 1. The Hall–Kier alpha value is -3.26. The van der Waals surface area contributed by atoms with Crippen LogP contribution in [0, 0.1) is 13.8 Å². The van der Waals surface area contributed by atoms with Crippen molar-refractivity contribution >= 4 is 28.2 Å². The lowest BCUT2D eigenvalue weighted by molar-refractivity contribution is -0.116. The summed E-state index contributed by atoms with van der Waals surface area (Å²) in [4.78, 5) is 37.6. The highest BCUT2D eigenvalue weighted by molar-refractivity contribution is 7.16. The monoisotopic (exact) mass is 397 g/mol. The molecule has 0 saturated carbocycles. The molecule has 0 unspecified atom stereocenters. The van der Waals surface area contributed by atoms with Gasteiger partial charge in [0.1, 0.15) is 11.5 Å². The van der Waals surface area contributed by atoms with Crippen LogP contribution in [0.4, 0.5) is 5.00 Å². The zero-order valence-electron chi connectivity index (χ0n) is 15.7. The molecule has 1 amide bonds. The van der Waals surface area contributed by atoms with Crippen molar-refractivity contribution in [3.05, 3.63) is 68.8 Å². The van der Waals surface area contributed by atoms with Crippen molar-refractivity contribution in [1.82, 2.24) is 9.78 Å². The molecule has 0 saturated heterocycles. The summed E-state index contributed by atoms with van der Waals surface area (Å²) in [6, 6.07) is 12.4. The Kier molecular flexibility index (Phi) is 5.70. The van der Waals surface area contributed by atoms with Crippen molar-refractivity contribution in [2.24, 2.45) is 0 Å². The van der Waals surface area contributed by atoms with E-state index in [1.165, 1.54) is 24.5 Å². The number of anilines is 1. The lowest BCUT2D eigenvalue weighted by Gasteiger charge is -2.09. The maximum Gasteiger partial charge on any atom is 0.341 e. The molecule has 7 nitrogen and oxygen atoms in total. The van der Waals surface area contributed by atoms with Crippen LogP contribution in [0.3, 0.4) is 0 Å². The summed E-state index contributed by atoms with van der Waals surface area (Å²) < 4.78 is 5.90. The highest BCUT2D eigenvalue weighted by atomic mass is 32.1. The van der Waals surface area contributed by atoms with Crippen LogP contribution in [0.2, 0.25) is 0 Å². The third-order valence-corrected chi connectivity index (χ3v) is 5.38. The lowest BCUT2D eigenvalue weighted by atomic mass is 10.1. The average Bonchev–Trinajstić information content (AvgIpc) is 2.97. The number of benzene rings is 1. The van der Waals surface area contributed by atoms with Gasteiger partial charge < -0.3 is 10.1 Å². The van der Waals surface area contributed by atoms with Crippen molar-refractivity contribution in [3.8, 4) is 11.3 Å². The molecule has 1 N–H and O–H groups in total. The van der Waals surface area contributed by atoms with Crippen LogP contribution in [0.5, 0.6) is 0 Å². The molecule has 2 heterocycles. The summed E-state index contributed by atoms with van der Waals surface area (Å²) >= 11 is 1.29. The minimum Gasteiger partial charge on any atom is -0.465 e. The summed E-state index contributed by atoms with van der Waals surface area (Å²) in [6.45, 7) is 3.39. The van der Waals surface area contributed by atoms with Gasteiger partial charge in [-0.1, -0.05) is 30.3 Å². The molecule has 0 spiro atoms. The van der Waals surface area contributed by atoms with Gasteiger partial charge in [-0.15, -0.1) is 11.3 Å². The fourth-order valence-electron chi connectivity index (χ4n) is 2.69. The Morgan fingerprint density at radius 2 is 1.86 bits per heavy atom. The first-order valence-corrected chi connectivity index (χ1v) is 9.34. The third-order valence-electron chi connectivity index (χ3n) is 4.26. The molecule has 3 aromatic rings. The molecule has 0 bridgehead atoms. The number of nitrogens with one attached hydrogen (secondary N) is 1. The van der Waals surface area contributed by atoms with Gasteiger partial charge in [0.05, 0.1) is 18.4 Å². The number of carbonyl (C=O) groups excluding carboxylic acids is 2. The average molecular weight is 397 g/mol. The Morgan fingerprint density at radius 1 is 1.14 bits per heavy atom. The lowest BCUT2D eigenvalue weighted by Crippen LogP contribution is -2.29. The number of esters is 1. The van der Waals surface area contributed by atoms with Crippen LogP contribution in [0.15, 0.2) is 47.3 Å². The van der Waals surface area contributed by atoms with Gasteiger partial charge in [0.25, 0.3) is 5.56 Å². The van der Waals surface area contributed by atoms with Crippen molar-refractivity contribution in [1.29, 1.82) is 0 Å². The Balaban J connectivity index is 1.84. The highest BCUT2D eigenvalue weighted by Crippen LogP contribution is 2.32. The Bertz CT molecular complexity index is 1090. The molecule has 3 rings (SSSR count). The van der Waals surface area contributed by atoms with Crippen molar-refractivity contribution in [3.63, 3.8) is 0 Å². The molecule has 0 aliphatic heterocycles. The SMILES string of the molecule is COC(=O)c1c(NC(=O)Cn2nc(-c3ccccc3)ccc2=O)sc(C)c1C. The van der Waals surface area contributed by atoms with E-state index in [1.807, 2.05) is 37.3 Å². The molecule has 144 valence electrons. The van der Waals surface area contributed by atoms with E-state index in [0.29, 0.717) is 16.3 Å². The Morgan fingerprint density at radius 3 is 2.54 bits per heavy atom. The van der Waals surface area contributed by atoms with Gasteiger partial charge in [0.15, 0.2) is 0 Å². The van der Waals surface area contributed by atoms with Crippen molar-refractivity contribution in [2.45, 2.75) is 20.4 Å². The van der Waals surface area contributed by atoms with Gasteiger partial charge >= 0.3 is 5.97 Å². The fourth-order valence-corrected chi connectivity index (χ4v) is 3.75. The number of ether oxygens (including phenoxy) is 1. The van der Waals surface area contributed by atoms with E-state index in [9.17, 15) is 14.4 Å². The van der Waals surface area contributed by atoms with Crippen LogP contribution in [0.1, 0.15) is 20.8 Å². The molecular formula is C20H19N3O4S. The van der Waals surface area contributed by atoms with E-state index >= 15 is 0 Å². The second-order valence-electron chi connectivity index (χ2n) is 6.11. The second-order valence-corrected chi connectivity index (χ2v) is 7.33. The van der Waals surface area contributed by atoms with Gasteiger partial charge in [-0.2, -0.15) is 5.10 Å². The summed E-state index contributed by atoms with van der Waals surface area (Å²) in [5, 5.41) is 7.38. The zero-order valence-corrected chi connectivity index (χ0v) is 16.5. The number of hydrogen-bond acceptors (Lipinski definition) is 6. The molecule has 1 aromatic carbocycles. The minimum atomic E-state index is -0.515. The maximum atomic E-state index is 12.5. The van der Waals surface area contributed by atoms with E-state index in [2.05, 4.69) is 10.4 Å². The number of aryl methyl sites for hydroxylation is 1. The number of rotatable bonds is 5. The van der Waals surface area contributed by atoms with Crippen LogP contribution in [-0.2, 0) is 16.1 Å². The predicted molar refractivity (Wildman–Crippen MR) is 108 cm³/mol. The molecule has 28 heavy (non-hydrogen) atoms. The molecule has 8 heteroatoms. The number of nitrogens with zero attached hydrogens (tertiary/aromatic N) is 2. The molecule has 0 atom stereocenters. The van der Waals surface area contributed by atoms with Crippen LogP contribution >= 0.6 is 11.3 Å². The molecule has 0 fully saturated rings. The third kappa shape index (κ3) is 4.01. The minimum absolute atomic E-state index is 0.268. The van der Waals surface area contributed by atoms with Crippen molar-refractivity contribution < 1.29 is 14.3 Å². The number of aromatic nitrogens is 2. The van der Waals surface area contributed by atoms with E-state index in [0.717, 1.165) is 20.7 Å². The van der Waals surface area contributed by atoms with E-state index in [-0.39, 0.29) is 12.1 Å². The Labute approximate surface area is 165 Å². The smallest absolute Gasteiger partial charge is 0.341 e. The van der Waals surface area contributed by atoms with Gasteiger partial charge in [-0.3, -0.25) is 9.59 Å². The fraction of sp³-hybridized carbons (Fsp3) is 0.200. The number of methoxy groups -OCH3 is 1. The van der Waals surface area contributed by atoms with Crippen LogP contribution in [0.25, 0.3) is 11.3 Å². The standard InChI is InChI=1S/C20H19N3O4S/c1-12-13(2)28-19(18(12)20(26)27-3)21-16(24)11-23-17(25)10-9-15(22-23)14-7-5-4-6-8-14/h4-10H,11H2,1-3H3,(H,21,24). The van der Waals surface area contributed by atoms with Crippen molar-refractivity contribution in [2.75, 3.05) is 12.4 Å². The first-order valence-electron chi connectivity index (χ1n) is 8.52. The maximum absolute atomic E-state index is 12.5. The summed E-state index contributed by atoms with van der Waals surface area (Å²) in [7, 11) is 1.29. The van der Waals surface area contributed by atoms with E-state index < -0.39 is 11.9 Å². The normalized spacial score (nSPS) is 10.5. The van der Waals surface area contributed by atoms with Gasteiger partial charge in [-0.05, 0) is 25.5 Å². The van der Waals surface area contributed by atoms with E-state index in [1.54, 1.807) is 13.0 Å². The number of amides is 1. The second kappa shape index (κ2) is 8.18. The molecule has 0 aliphatic rings. The largest absolute Gasteiger partial charge is 0.465 e. The quantitative estimate of drug-likeness (QED) is 0.669. The molecular weight excluding hydrogens is 378 g/mol.